The largest absolute Gasteiger partial charge is 0.461 e. The summed E-state index contributed by atoms with van der Waals surface area (Å²) in [7, 11) is 0. The first-order valence-electron chi connectivity index (χ1n) is 8.11. The van der Waals surface area contributed by atoms with E-state index in [2.05, 4.69) is 0 Å². The van der Waals surface area contributed by atoms with E-state index in [0.717, 1.165) is 46.6 Å². The highest BCUT2D eigenvalue weighted by Crippen LogP contribution is 2.43. The molecule has 3 rings (SSSR count). The van der Waals surface area contributed by atoms with Crippen molar-refractivity contribution in [1.29, 1.82) is 0 Å². The number of aliphatic hydroxyl groups is 1. The van der Waals surface area contributed by atoms with Crippen molar-refractivity contribution in [2.45, 2.75) is 58.5 Å². The topological polar surface area (TPSA) is 33.4 Å². The summed E-state index contributed by atoms with van der Waals surface area (Å²) < 4.78 is 19.4. The molecule has 0 radical (unpaired) electrons. The minimum Gasteiger partial charge on any atom is -0.461 e. The van der Waals surface area contributed by atoms with Gasteiger partial charge in [-0.25, -0.2) is 4.39 Å². The summed E-state index contributed by atoms with van der Waals surface area (Å²) in [6.45, 7) is 3.81. The molecule has 1 aliphatic carbocycles. The van der Waals surface area contributed by atoms with Crippen LogP contribution < -0.4 is 0 Å². The molecule has 22 heavy (non-hydrogen) atoms. The zero-order chi connectivity index (χ0) is 15.7. The fourth-order valence-corrected chi connectivity index (χ4v) is 3.70. The molecule has 1 aromatic heterocycles. The number of hydrogen-bond acceptors (Lipinski definition) is 2. The zero-order valence-electron chi connectivity index (χ0n) is 13.3. The Balaban J connectivity index is 2.14. The molecule has 118 valence electrons. The molecular formula is C19H23FO2. The Labute approximate surface area is 131 Å². The van der Waals surface area contributed by atoms with Crippen molar-refractivity contribution in [3.8, 4) is 11.3 Å². The third-order valence-electron chi connectivity index (χ3n) is 4.85. The van der Waals surface area contributed by atoms with Crippen LogP contribution in [0.1, 0.15) is 60.5 Å². The van der Waals surface area contributed by atoms with Gasteiger partial charge in [0.15, 0.2) is 0 Å². The number of aryl methyl sites for hydroxylation is 2. The summed E-state index contributed by atoms with van der Waals surface area (Å²) in [5.41, 5.74) is 3.88. The zero-order valence-corrected chi connectivity index (χ0v) is 13.3. The number of rotatable bonds is 3. The predicted molar refractivity (Wildman–Crippen MR) is 85.3 cm³/mol. The molecular weight excluding hydrogens is 279 g/mol. The van der Waals surface area contributed by atoms with Crippen LogP contribution in [0.15, 0.2) is 22.6 Å². The second-order valence-corrected chi connectivity index (χ2v) is 6.33. The van der Waals surface area contributed by atoms with E-state index in [4.69, 9.17) is 4.42 Å². The Morgan fingerprint density at radius 3 is 2.55 bits per heavy atom. The maximum absolute atomic E-state index is 13.4. The molecule has 1 fully saturated rings. The summed E-state index contributed by atoms with van der Waals surface area (Å²) >= 11 is 0. The molecule has 0 saturated heterocycles. The highest BCUT2D eigenvalue weighted by Gasteiger charge is 2.27. The molecule has 2 nitrogen and oxygen atoms in total. The van der Waals surface area contributed by atoms with Crippen LogP contribution in [0.3, 0.4) is 0 Å². The van der Waals surface area contributed by atoms with Crippen LogP contribution in [-0.4, -0.2) is 5.11 Å². The standard InChI is InChI=1S/C19H23FO2/c1-12-10-15(20)8-9-16(12)19-18(14-6-4-3-5-7-14)17(11-21)13(2)22-19/h8-10,14,21H,3-7,11H2,1-2H3. The SMILES string of the molecule is Cc1cc(F)ccc1-c1oc(C)c(CO)c1C1CCCCC1. The lowest BCUT2D eigenvalue weighted by molar-refractivity contribution is 0.276. The number of furan rings is 1. The van der Waals surface area contributed by atoms with Crippen molar-refractivity contribution in [3.63, 3.8) is 0 Å². The second kappa shape index (κ2) is 6.25. The quantitative estimate of drug-likeness (QED) is 0.840. The molecule has 0 spiro atoms. The van der Waals surface area contributed by atoms with Crippen LogP contribution in [0.2, 0.25) is 0 Å². The Bertz CT molecular complexity index is 666. The van der Waals surface area contributed by atoms with E-state index in [9.17, 15) is 9.50 Å². The van der Waals surface area contributed by atoms with Crippen molar-refractivity contribution in [3.05, 3.63) is 46.5 Å². The van der Waals surface area contributed by atoms with Gasteiger partial charge in [-0.2, -0.15) is 0 Å². The fourth-order valence-electron chi connectivity index (χ4n) is 3.70. The van der Waals surface area contributed by atoms with Crippen LogP contribution >= 0.6 is 0 Å². The number of halogens is 1. The maximum Gasteiger partial charge on any atom is 0.138 e. The Hall–Kier alpha value is -1.61. The third kappa shape index (κ3) is 2.70. The van der Waals surface area contributed by atoms with Crippen molar-refractivity contribution in [2.75, 3.05) is 0 Å². The van der Waals surface area contributed by atoms with E-state index in [1.54, 1.807) is 6.07 Å². The van der Waals surface area contributed by atoms with E-state index < -0.39 is 0 Å². The molecule has 0 bridgehead atoms. The number of hydrogen-bond donors (Lipinski definition) is 1. The van der Waals surface area contributed by atoms with Crippen LogP contribution in [0, 0.1) is 19.7 Å². The van der Waals surface area contributed by atoms with Crippen LogP contribution in [-0.2, 0) is 6.61 Å². The predicted octanol–water partition coefficient (Wildman–Crippen LogP) is 5.24. The fraction of sp³-hybridized carbons (Fsp3) is 0.474. The van der Waals surface area contributed by atoms with Gasteiger partial charge in [0.1, 0.15) is 17.3 Å². The van der Waals surface area contributed by atoms with Gasteiger partial charge in [0.2, 0.25) is 0 Å². The molecule has 1 saturated carbocycles. The minimum atomic E-state index is -0.230. The average molecular weight is 302 g/mol. The molecule has 1 heterocycles. The van der Waals surface area contributed by atoms with Gasteiger partial charge in [-0.05, 0) is 56.4 Å². The highest BCUT2D eigenvalue weighted by molar-refractivity contribution is 5.68. The summed E-state index contributed by atoms with van der Waals surface area (Å²) in [4.78, 5) is 0. The normalized spacial score (nSPS) is 16.2. The Morgan fingerprint density at radius 2 is 1.91 bits per heavy atom. The Kier molecular flexibility index (Phi) is 4.34. The summed E-state index contributed by atoms with van der Waals surface area (Å²) in [5, 5.41) is 9.78. The van der Waals surface area contributed by atoms with Gasteiger partial charge < -0.3 is 9.52 Å². The molecule has 3 heteroatoms. The summed E-state index contributed by atoms with van der Waals surface area (Å²) in [5.74, 6) is 1.81. The molecule has 0 aliphatic heterocycles. The van der Waals surface area contributed by atoms with E-state index in [1.165, 1.54) is 31.4 Å². The summed E-state index contributed by atoms with van der Waals surface area (Å²) in [6.07, 6.45) is 6.01. The minimum absolute atomic E-state index is 0.00140. The van der Waals surface area contributed by atoms with E-state index >= 15 is 0 Å². The van der Waals surface area contributed by atoms with Crippen molar-refractivity contribution in [1.82, 2.24) is 0 Å². The van der Waals surface area contributed by atoms with Gasteiger partial charge in [0, 0.05) is 16.7 Å². The van der Waals surface area contributed by atoms with Gasteiger partial charge >= 0.3 is 0 Å². The molecule has 2 aromatic rings. The molecule has 1 aliphatic rings. The van der Waals surface area contributed by atoms with Gasteiger partial charge in [-0.15, -0.1) is 0 Å². The lowest BCUT2D eigenvalue weighted by Gasteiger charge is -2.23. The number of benzene rings is 1. The lowest BCUT2D eigenvalue weighted by Crippen LogP contribution is -2.07. The van der Waals surface area contributed by atoms with Crippen LogP contribution in [0.5, 0.6) is 0 Å². The van der Waals surface area contributed by atoms with Crippen LogP contribution in [0.25, 0.3) is 11.3 Å². The monoisotopic (exact) mass is 302 g/mol. The Morgan fingerprint density at radius 1 is 1.18 bits per heavy atom. The maximum atomic E-state index is 13.4. The second-order valence-electron chi connectivity index (χ2n) is 6.33. The first kappa shape index (κ1) is 15.3. The lowest BCUT2D eigenvalue weighted by atomic mass is 9.81. The molecule has 0 atom stereocenters. The summed E-state index contributed by atoms with van der Waals surface area (Å²) in [6, 6.07) is 4.80. The smallest absolute Gasteiger partial charge is 0.138 e. The highest BCUT2D eigenvalue weighted by atomic mass is 19.1. The van der Waals surface area contributed by atoms with Crippen LogP contribution in [0.4, 0.5) is 4.39 Å². The van der Waals surface area contributed by atoms with Gasteiger partial charge in [0.25, 0.3) is 0 Å². The van der Waals surface area contributed by atoms with E-state index in [0.29, 0.717) is 5.92 Å². The number of aliphatic hydroxyl groups excluding tert-OH is 1. The molecule has 1 aromatic carbocycles. The van der Waals surface area contributed by atoms with Crippen molar-refractivity contribution >= 4 is 0 Å². The van der Waals surface area contributed by atoms with Gasteiger partial charge in [0.05, 0.1) is 6.61 Å². The van der Waals surface area contributed by atoms with E-state index in [1.807, 2.05) is 13.8 Å². The molecule has 0 amide bonds. The van der Waals surface area contributed by atoms with Gasteiger partial charge in [-0.1, -0.05) is 19.3 Å². The molecule has 1 N–H and O–H groups in total. The van der Waals surface area contributed by atoms with Gasteiger partial charge in [-0.3, -0.25) is 0 Å². The average Bonchev–Trinajstić information content (AvgIpc) is 2.84. The van der Waals surface area contributed by atoms with Crippen molar-refractivity contribution < 1.29 is 13.9 Å². The molecule has 0 unspecified atom stereocenters. The van der Waals surface area contributed by atoms with Crippen molar-refractivity contribution in [2.24, 2.45) is 0 Å². The van der Waals surface area contributed by atoms with E-state index in [-0.39, 0.29) is 12.4 Å². The first-order valence-corrected chi connectivity index (χ1v) is 8.11. The first-order chi connectivity index (χ1) is 10.6. The third-order valence-corrected chi connectivity index (χ3v) is 4.85.